The maximum atomic E-state index is 12.7. The number of fused-ring (bicyclic) bond motifs is 1. The van der Waals surface area contributed by atoms with Gasteiger partial charge in [-0.2, -0.15) is 0 Å². The van der Waals surface area contributed by atoms with Gasteiger partial charge in [0.1, 0.15) is 13.2 Å². The van der Waals surface area contributed by atoms with E-state index in [-0.39, 0.29) is 23.8 Å². The van der Waals surface area contributed by atoms with Crippen molar-refractivity contribution in [2.24, 2.45) is 5.41 Å². The molecule has 0 spiro atoms. The number of carbonyl (C=O) groups is 1. The number of hydrogen-bond acceptors (Lipinski definition) is 4. The zero-order valence-electron chi connectivity index (χ0n) is 15.9. The first-order valence-corrected chi connectivity index (χ1v) is 9.47. The molecule has 1 aliphatic rings. The first-order valence-electron chi connectivity index (χ1n) is 9.09. The lowest BCUT2D eigenvalue weighted by molar-refractivity contribution is -0.121. The topological polar surface area (TPSA) is 60.5 Å². The minimum absolute atomic E-state index is 0.0580. The van der Waals surface area contributed by atoms with Gasteiger partial charge in [-0.1, -0.05) is 38.4 Å². The molecule has 0 saturated carbocycles. The zero-order chi connectivity index (χ0) is 19.4. The molecule has 1 atom stereocenters. The van der Waals surface area contributed by atoms with E-state index in [0.717, 1.165) is 17.5 Å². The van der Waals surface area contributed by atoms with Crippen LogP contribution in [0.3, 0.4) is 0 Å². The van der Waals surface area contributed by atoms with E-state index in [0.29, 0.717) is 29.7 Å². The van der Waals surface area contributed by atoms with Crippen LogP contribution in [0.25, 0.3) is 0 Å². The number of carbonyl (C=O) groups excluding carboxylic acids is 1. The van der Waals surface area contributed by atoms with E-state index in [9.17, 15) is 4.79 Å². The van der Waals surface area contributed by atoms with Gasteiger partial charge >= 0.3 is 0 Å². The Balaban J connectivity index is 1.74. The van der Waals surface area contributed by atoms with Crippen molar-refractivity contribution in [1.29, 1.82) is 0 Å². The van der Waals surface area contributed by atoms with Crippen LogP contribution in [-0.4, -0.2) is 24.1 Å². The van der Waals surface area contributed by atoms with Crippen LogP contribution in [-0.2, 0) is 11.2 Å². The molecule has 0 saturated heterocycles. The SMILES string of the molecule is CC(C)(C)CC(NC(=O)Cc1cc2c(cc1Cl)OCCO2)c1cccnc1. The van der Waals surface area contributed by atoms with E-state index < -0.39 is 0 Å². The van der Waals surface area contributed by atoms with E-state index >= 15 is 0 Å². The fraction of sp³-hybridized carbons (Fsp3) is 0.429. The Kier molecular flexibility index (Phi) is 5.90. The van der Waals surface area contributed by atoms with Crippen molar-refractivity contribution in [3.05, 3.63) is 52.8 Å². The van der Waals surface area contributed by atoms with Crippen LogP contribution in [0.15, 0.2) is 36.7 Å². The molecule has 0 fully saturated rings. The summed E-state index contributed by atoms with van der Waals surface area (Å²) in [7, 11) is 0. The number of rotatable bonds is 5. The third-order valence-electron chi connectivity index (χ3n) is 4.30. The maximum Gasteiger partial charge on any atom is 0.224 e. The summed E-state index contributed by atoms with van der Waals surface area (Å²) < 4.78 is 11.1. The van der Waals surface area contributed by atoms with Gasteiger partial charge in [0.25, 0.3) is 0 Å². The summed E-state index contributed by atoms with van der Waals surface area (Å²) in [5.41, 5.74) is 1.77. The Hall–Kier alpha value is -2.27. The first kappa shape index (κ1) is 19.5. The van der Waals surface area contributed by atoms with Crippen LogP contribution in [0.1, 0.15) is 44.4 Å². The Bertz CT molecular complexity index is 803. The number of pyridine rings is 1. The van der Waals surface area contributed by atoms with Crippen LogP contribution >= 0.6 is 11.6 Å². The fourth-order valence-corrected chi connectivity index (χ4v) is 3.33. The summed E-state index contributed by atoms with van der Waals surface area (Å²) in [6.07, 6.45) is 4.51. The molecule has 27 heavy (non-hydrogen) atoms. The van der Waals surface area contributed by atoms with Crippen LogP contribution in [0, 0.1) is 5.41 Å². The second kappa shape index (κ2) is 8.17. The maximum absolute atomic E-state index is 12.7. The average Bonchev–Trinajstić information content (AvgIpc) is 2.61. The first-order chi connectivity index (χ1) is 12.8. The molecule has 1 amide bonds. The minimum atomic E-state index is -0.109. The van der Waals surface area contributed by atoms with Gasteiger partial charge in [-0.15, -0.1) is 0 Å². The molecule has 144 valence electrons. The predicted molar refractivity (Wildman–Crippen MR) is 105 cm³/mol. The molecule has 1 unspecified atom stereocenters. The van der Waals surface area contributed by atoms with Gasteiger partial charge in [-0.25, -0.2) is 0 Å². The van der Waals surface area contributed by atoms with E-state index in [4.69, 9.17) is 21.1 Å². The highest BCUT2D eigenvalue weighted by atomic mass is 35.5. The van der Waals surface area contributed by atoms with Crippen LogP contribution < -0.4 is 14.8 Å². The van der Waals surface area contributed by atoms with Crippen LogP contribution in [0.5, 0.6) is 11.5 Å². The lowest BCUT2D eigenvalue weighted by Gasteiger charge is -2.27. The standard InChI is InChI=1S/C21H25ClN2O3/c1-21(2,3)12-17(14-5-4-6-23-13-14)24-20(25)10-15-9-18-19(11-16(15)22)27-8-7-26-18/h4-6,9,11,13,17H,7-8,10,12H2,1-3H3,(H,24,25). The lowest BCUT2D eigenvalue weighted by atomic mass is 9.85. The smallest absolute Gasteiger partial charge is 0.224 e. The molecular weight excluding hydrogens is 364 g/mol. The van der Waals surface area contributed by atoms with Crippen molar-refractivity contribution >= 4 is 17.5 Å². The minimum Gasteiger partial charge on any atom is -0.486 e. The molecule has 1 aromatic heterocycles. The van der Waals surface area contributed by atoms with Crippen molar-refractivity contribution in [1.82, 2.24) is 10.3 Å². The Morgan fingerprint density at radius 3 is 2.59 bits per heavy atom. The van der Waals surface area contributed by atoms with Crippen molar-refractivity contribution in [2.45, 2.75) is 39.7 Å². The van der Waals surface area contributed by atoms with Gasteiger partial charge in [-0.05, 0) is 35.1 Å². The molecule has 1 aliphatic heterocycles. The lowest BCUT2D eigenvalue weighted by Crippen LogP contribution is -2.32. The van der Waals surface area contributed by atoms with Crippen molar-refractivity contribution < 1.29 is 14.3 Å². The summed E-state index contributed by atoms with van der Waals surface area (Å²) >= 11 is 6.34. The number of hydrogen-bond donors (Lipinski definition) is 1. The van der Waals surface area contributed by atoms with Gasteiger partial charge in [0.15, 0.2) is 11.5 Å². The van der Waals surface area contributed by atoms with Crippen molar-refractivity contribution in [3.63, 3.8) is 0 Å². The Morgan fingerprint density at radius 1 is 1.26 bits per heavy atom. The predicted octanol–water partition coefficient (Wildman–Crippen LogP) is 4.34. The monoisotopic (exact) mass is 388 g/mol. The molecule has 5 nitrogen and oxygen atoms in total. The number of benzene rings is 1. The number of amides is 1. The van der Waals surface area contributed by atoms with Crippen molar-refractivity contribution in [2.75, 3.05) is 13.2 Å². The molecule has 0 bridgehead atoms. The summed E-state index contributed by atoms with van der Waals surface area (Å²) in [6.45, 7) is 7.46. The van der Waals surface area contributed by atoms with Crippen LogP contribution in [0.4, 0.5) is 0 Å². The number of nitrogens with zero attached hydrogens (tertiary/aromatic N) is 1. The van der Waals surface area contributed by atoms with E-state index in [2.05, 4.69) is 31.1 Å². The number of halogens is 1. The molecule has 3 rings (SSSR count). The van der Waals surface area contributed by atoms with Gasteiger partial charge in [0.2, 0.25) is 5.91 Å². The Labute approximate surface area is 165 Å². The largest absolute Gasteiger partial charge is 0.486 e. The van der Waals surface area contributed by atoms with Gasteiger partial charge in [0.05, 0.1) is 12.5 Å². The quantitative estimate of drug-likeness (QED) is 0.827. The van der Waals surface area contributed by atoms with Gasteiger partial charge in [0, 0.05) is 23.5 Å². The summed E-state index contributed by atoms with van der Waals surface area (Å²) in [5.74, 6) is 1.16. The molecule has 1 aromatic carbocycles. The molecule has 0 radical (unpaired) electrons. The molecular formula is C21H25ClN2O3. The highest BCUT2D eigenvalue weighted by Gasteiger charge is 2.23. The van der Waals surface area contributed by atoms with Crippen LogP contribution in [0.2, 0.25) is 5.02 Å². The highest BCUT2D eigenvalue weighted by Crippen LogP contribution is 2.36. The third-order valence-corrected chi connectivity index (χ3v) is 4.65. The molecule has 2 aromatic rings. The third kappa shape index (κ3) is 5.36. The normalized spacial score (nSPS) is 14.5. The summed E-state index contributed by atoms with van der Waals surface area (Å²) in [4.78, 5) is 16.9. The van der Waals surface area contributed by atoms with E-state index in [1.165, 1.54) is 0 Å². The molecule has 1 N–H and O–H groups in total. The number of nitrogens with one attached hydrogen (secondary N) is 1. The second-order valence-electron chi connectivity index (χ2n) is 7.94. The number of aromatic nitrogens is 1. The van der Waals surface area contributed by atoms with Crippen molar-refractivity contribution in [3.8, 4) is 11.5 Å². The average molecular weight is 389 g/mol. The summed E-state index contributed by atoms with van der Waals surface area (Å²) in [5, 5.41) is 3.64. The second-order valence-corrected chi connectivity index (χ2v) is 8.34. The van der Waals surface area contributed by atoms with E-state index in [1.807, 2.05) is 12.1 Å². The van der Waals surface area contributed by atoms with Gasteiger partial charge in [-0.3, -0.25) is 9.78 Å². The van der Waals surface area contributed by atoms with Gasteiger partial charge < -0.3 is 14.8 Å². The molecule has 0 aliphatic carbocycles. The summed E-state index contributed by atoms with van der Waals surface area (Å²) in [6, 6.07) is 7.27. The molecule has 6 heteroatoms. The molecule has 2 heterocycles. The van der Waals surface area contributed by atoms with E-state index in [1.54, 1.807) is 24.5 Å². The highest BCUT2D eigenvalue weighted by molar-refractivity contribution is 6.31. The fourth-order valence-electron chi connectivity index (χ4n) is 3.11. The number of ether oxygens (including phenoxy) is 2. The Morgan fingerprint density at radius 2 is 1.96 bits per heavy atom. The zero-order valence-corrected chi connectivity index (χ0v) is 16.7.